The van der Waals surface area contributed by atoms with E-state index in [2.05, 4.69) is 4.84 Å². The number of hydrogen-bond acceptors (Lipinski definition) is 5. The minimum Gasteiger partial charge on any atom is -0.478 e. The molecule has 7 nitrogen and oxygen atoms in total. The van der Waals surface area contributed by atoms with Crippen LogP contribution in [0.2, 0.25) is 0 Å². The molecule has 0 aliphatic rings. The Bertz CT molecular complexity index is 442. The van der Waals surface area contributed by atoms with Gasteiger partial charge in [0.1, 0.15) is 12.9 Å². The van der Waals surface area contributed by atoms with E-state index in [-0.39, 0.29) is 16.7 Å². The van der Waals surface area contributed by atoms with Gasteiger partial charge in [-0.1, -0.05) is 0 Å². The predicted molar refractivity (Wildman–Crippen MR) is 50.6 cm³/mol. The summed E-state index contributed by atoms with van der Waals surface area (Å²) in [6.45, 7) is -0.394. The van der Waals surface area contributed by atoms with E-state index in [9.17, 15) is 19.7 Å². The maximum atomic E-state index is 10.7. The SMILES string of the molecule is O=Cc1cc(CO[N+](=O)[O-])cc(C(=O)O)c1. The summed E-state index contributed by atoms with van der Waals surface area (Å²) in [5, 5.41) is 17.7. The molecule has 0 radical (unpaired) electrons. The molecule has 0 bridgehead atoms. The lowest BCUT2D eigenvalue weighted by molar-refractivity contribution is -0.763. The van der Waals surface area contributed by atoms with Crippen molar-refractivity contribution < 1.29 is 24.6 Å². The maximum Gasteiger partial charge on any atom is 0.335 e. The molecule has 0 aliphatic heterocycles. The van der Waals surface area contributed by atoms with Gasteiger partial charge in [0.05, 0.1) is 5.56 Å². The van der Waals surface area contributed by atoms with Crippen molar-refractivity contribution in [2.45, 2.75) is 6.61 Å². The molecule has 0 amide bonds. The molecule has 0 spiro atoms. The number of aldehydes is 1. The average molecular weight is 225 g/mol. The van der Waals surface area contributed by atoms with Crippen LogP contribution in [0.3, 0.4) is 0 Å². The van der Waals surface area contributed by atoms with E-state index in [1.807, 2.05) is 0 Å². The van der Waals surface area contributed by atoms with Gasteiger partial charge >= 0.3 is 5.97 Å². The fourth-order valence-corrected chi connectivity index (χ4v) is 1.12. The predicted octanol–water partition coefficient (Wildman–Crippen LogP) is 0.906. The van der Waals surface area contributed by atoms with Crippen molar-refractivity contribution in [2.75, 3.05) is 0 Å². The number of hydrogen-bond donors (Lipinski definition) is 1. The molecule has 1 aromatic rings. The second kappa shape index (κ2) is 4.87. The largest absolute Gasteiger partial charge is 0.478 e. The summed E-state index contributed by atoms with van der Waals surface area (Å²) in [7, 11) is 0. The number of carbonyl (C=O) groups excluding carboxylic acids is 1. The molecule has 0 atom stereocenters. The van der Waals surface area contributed by atoms with Crippen LogP contribution in [0, 0.1) is 10.1 Å². The molecule has 1 rings (SSSR count). The highest BCUT2D eigenvalue weighted by Gasteiger charge is 2.07. The Balaban J connectivity index is 2.99. The molecule has 84 valence electrons. The van der Waals surface area contributed by atoms with Gasteiger partial charge in [-0.3, -0.25) is 4.79 Å². The molecule has 0 fully saturated rings. The van der Waals surface area contributed by atoms with Crippen LogP contribution in [0.1, 0.15) is 26.3 Å². The second-order valence-electron chi connectivity index (χ2n) is 2.88. The molecule has 7 heteroatoms. The summed E-state index contributed by atoms with van der Waals surface area (Å²) in [6.07, 6.45) is 0.460. The fraction of sp³-hybridized carbons (Fsp3) is 0.111. The van der Waals surface area contributed by atoms with Gasteiger partial charge in [0.25, 0.3) is 5.09 Å². The first-order chi connectivity index (χ1) is 7.52. The number of aromatic carboxylic acids is 1. The van der Waals surface area contributed by atoms with E-state index in [1.165, 1.54) is 18.2 Å². The van der Waals surface area contributed by atoms with Crippen molar-refractivity contribution in [3.8, 4) is 0 Å². The number of nitrogens with zero attached hydrogens (tertiary/aromatic N) is 1. The zero-order chi connectivity index (χ0) is 12.1. The van der Waals surface area contributed by atoms with Crippen LogP contribution in [-0.2, 0) is 11.4 Å². The number of rotatable bonds is 5. The lowest BCUT2D eigenvalue weighted by Gasteiger charge is -2.03. The van der Waals surface area contributed by atoms with Crippen molar-refractivity contribution >= 4 is 12.3 Å². The molecular weight excluding hydrogens is 218 g/mol. The Kier molecular flexibility index (Phi) is 3.54. The highest BCUT2D eigenvalue weighted by molar-refractivity contribution is 5.90. The van der Waals surface area contributed by atoms with Crippen LogP contribution in [0.5, 0.6) is 0 Å². The molecular formula is C9H7NO6. The third kappa shape index (κ3) is 3.05. The van der Waals surface area contributed by atoms with Crippen LogP contribution in [0.25, 0.3) is 0 Å². The van der Waals surface area contributed by atoms with Crippen molar-refractivity contribution in [3.63, 3.8) is 0 Å². The van der Waals surface area contributed by atoms with Gasteiger partial charge in [-0.15, -0.1) is 10.1 Å². The molecule has 0 unspecified atom stereocenters. The number of carboxylic acid groups (broad SMARTS) is 1. The summed E-state index contributed by atoms with van der Waals surface area (Å²) in [4.78, 5) is 35.2. The van der Waals surface area contributed by atoms with E-state index in [0.29, 0.717) is 6.29 Å². The first-order valence-electron chi connectivity index (χ1n) is 4.12. The van der Waals surface area contributed by atoms with Crippen LogP contribution >= 0.6 is 0 Å². The Morgan fingerprint density at radius 1 is 1.50 bits per heavy atom. The lowest BCUT2D eigenvalue weighted by atomic mass is 10.1. The summed E-state index contributed by atoms with van der Waals surface area (Å²) >= 11 is 0. The first-order valence-corrected chi connectivity index (χ1v) is 4.12. The van der Waals surface area contributed by atoms with E-state index < -0.39 is 17.7 Å². The topological polar surface area (TPSA) is 107 Å². The van der Waals surface area contributed by atoms with E-state index >= 15 is 0 Å². The number of carbonyl (C=O) groups is 2. The van der Waals surface area contributed by atoms with Crippen molar-refractivity contribution in [1.29, 1.82) is 0 Å². The molecule has 0 heterocycles. The molecule has 0 saturated carbocycles. The van der Waals surface area contributed by atoms with Gasteiger partial charge in [-0.25, -0.2) is 4.79 Å². The van der Waals surface area contributed by atoms with Gasteiger partial charge in [-0.2, -0.15) is 0 Å². The van der Waals surface area contributed by atoms with Crippen LogP contribution in [0.4, 0.5) is 0 Å². The number of benzene rings is 1. The minimum atomic E-state index is -1.22. The third-order valence-corrected chi connectivity index (χ3v) is 1.73. The number of carboxylic acids is 1. The minimum absolute atomic E-state index is 0.119. The fourth-order valence-electron chi connectivity index (χ4n) is 1.12. The summed E-state index contributed by atoms with van der Waals surface area (Å²) in [6, 6.07) is 3.70. The summed E-state index contributed by atoms with van der Waals surface area (Å²) < 4.78 is 0. The third-order valence-electron chi connectivity index (χ3n) is 1.73. The lowest BCUT2D eigenvalue weighted by Crippen LogP contribution is -2.04. The van der Waals surface area contributed by atoms with E-state index in [4.69, 9.17) is 5.11 Å². The Labute approximate surface area is 89.4 Å². The monoisotopic (exact) mass is 225 g/mol. The van der Waals surface area contributed by atoms with Crippen LogP contribution < -0.4 is 0 Å². The van der Waals surface area contributed by atoms with E-state index in [1.54, 1.807) is 0 Å². The van der Waals surface area contributed by atoms with Gasteiger partial charge in [0.2, 0.25) is 0 Å². The normalized spacial score (nSPS) is 9.50. The van der Waals surface area contributed by atoms with Crippen LogP contribution in [-0.4, -0.2) is 22.4 Å². The van der Waals surface area contributed by atoms with E-state index in [0.717, 1.165) is 0 Å². The van der Waals surface area contributed by atoms with Gasteiger partial charge in [-0.05, 0) is 23.8 Å². The highest BCUT2D eigenvalue weighted by Crippen LogP contribution is 2.10. The average Bonchev–Trinajstić information content (AvgIpc) is 2.25. The Morgan fingerprint density at radius 2 is 2.19 bits per heavy atom. The standard InChI is InChI=1S/C9H7NO6/c11-4-6-1-7(5-16-10(14)15)3-8(2-6)9(12)13/h1-4H,5H2,(H,12,13). The van der Waals surface area contributed by atoms with Crippen molar-refractivity contribution in [3.05, 3.63) is 45.0 Å². The van der Waals surface area contributed by atoms with Gasteiger partial charge in [0, 0.05) is 5.56 Å². The highest BCUT2D eigenvalue weighted by atomic mass is 16.9. The zero-order valence-electron chi connectivity index (χ0n) is 7.95. The second-order valence-corrected chi connectivity index (χ2v) is 2.88. The van der Waals surface area contributed by atoms with Crippen molar-refractivity contribution in [1.82, 2.24) is 0 Å². The zero-order valence-corrected chi connectivity index (χ0v) is 7.95. The van der Waals surface area contributed by atoms with Crippen LogP contribution in [0.15, 0.2) is 18.2 Å². The summed E-state index contributed by atoms with van der Waals surface area (Å²) in [5.41, 5.74) is 0.257. The molecule has 0 aliphatic carbocycles. The molecule has 16 heavy (non-hydrogen) atoms. The first kappa shape index (κ1) is 11.6. The maximum absolute atomic E-state index is 10.7. The quantitative estimate of drug-likeness (QED) is 0.453. The summed E-state index contributed by atoms with van der Waals surface area (Å²) in [5.74, 6) is -1.22. The molecule has 0 saturated heterocycles. The van der Waals surface area contributed by atoms with Crippen molar-refractivity contribution in [2.24, 2.45) is 0 Å². The smallest absolute Gasteiger partial charge is 0.335 e. The molecule has 0 aromatic heterocycles. The molecule has 1 aromatic carbocycles. The Morgan fingerprint density at radius 3 is 2.69 bits per heavy atom. The Hall–Kier alpha value is -2.44. The van der Waals surface area contributed by atoms with Gasteiger partial charge in [0.15, 0.2) is 0 Å². The molecule has 1 N–H and O–H groups in total. The van der Waals surface area contributed by atoms with Gasteiger partial charge < -0.3 is 9.94 Å².